The van der Waals surface area contributed by atoms with Gasteiger partial charge in [-0.15, -0.1) is 6.42 Å². The van der Waals surface area contributed by atoms with Crippen LogP contribution in [0.4, 0.5) is 0 Å². The molecule has 0 unspecified atom stereocenters. The van der Waals surface area contributed by atoms with E-state index in [0.29, 0.717) is 6.54 Å². The summed E-state index contributed by atoms with van der Waals surface area (Å²) in [5.41, 5.74) is 3.26. The molecule has 0 amide bonds. The highest BCUT2D eigenvalue weighted by Gasteiger charge is 2.05. The summed E-state index contributed by atoms with van der Waals surface area (Å²) >= 11 is 1.67. The van der Waals surface area contributed by atoms with E-state index in [1.807, 2.05) is 17.0 Å². The third kappa shape index (κ3) is 1.57. The fourth-order valence-corrected chi connectivity index (χ4v) is 1.96. The van der Waals surface area contributed by atoms with Gasteiger partial charge in [-0.3, -0.25) is 4.68 Å². The molecule has 0 saturated heterocycles. The molecule has 2 aromatic heterocycles. The predicted octanol–water partition coefficient (Wildman–Crippen LogP) is 2.55. The molecule has 0 saturated carbocycles. The number of nitrogens with zero attached hydrogens (tertiary/aromatic N) is 2. The van der Waals surface area contributed by atoms with E-state index in [9.17, 15) is 0 Å². The molecule has 0 spiro atoms. The number of aryl methyl sites for hydroxylation is 1. The lowest BCUT2D eigenvalue weighted by atomic mass is 10.2. The Morgan fingerprint density at radius 3 is 3.14 bits per heavy atom. The third-order valence-corrected chi connectivity index (χ3v) is 2.72. The lowest BCUT2D eigenvalue weighted by Gasteiger charge is -1.95. The summed E-state index contributed by atoms with van der Waals surface area (Å²) in [4.78, 5) is 0. The van der Waals surface area contributed by atoms with Crippen LogP contribution in [0.2, 0.25) is 0 Å². The minimum absolute atomic E-state index is 0.538. The van der Waals surface area contributed by atoms with Crippen LogP contribution >= 0.6 is 11.3 Å². The molecule has 0 aromatic carbocycles. The minimum atomic E-state index is 0.538. The van der Waals surface area contributed by atoms with E-state index in [1.165, 1.54) is 0 Å². The fraction of sp³-hybridized carbons (Fsp3) is 0.182. The number of aromatic nitrogens is 2. The van der Waals surface area contributed by atoms with Crippen LogP contribution in [0.25, 0.3) is 11.3 Å². The molecule has 0 radical (unpaired) electrons. The molecule has 0 atom stereocenters. The van der Waals surface area contributed by atoms with Crippen LogP contribution in [0.15, 0.2) is 22.9 Å². The molecule has 0 aliphatic carbocycles. The van der Waals surface area contributed by atoms with Crippen molar-refractivity contribution in [3.63, 3.8) is 0 Å². The molecule has 0 fully saturated rings. The average Bonchev–Trinajstić information content (AvgIpc) is 2.76. The molecule has 0 aliphatic rings. The molecule has 70 valence electrons. The molecule has 0 aliphatic heterocycles. The summed E-state index contributed by atoms with van der Waals surface area (Å²) in [5.74, 6) is 2.59. The van der Waals surface area contributed by atoms with E-state index in [1.54, 1.807) is 11.3 Å². The van der Waals surface area contributed by atoms with Crippen LogP contribution in [0, 0.1) is 19.3 Å². The first-order chi connectivity index (χ1) is 6.81. The van der Waals surface area contributed by atoms with Gasteiger partial charge >= 0.3 is 0 Å². The monoisotopic (exact) mass is 202 g/mol. The normalized spacial score (nSPS) is 10.0. The van der Waals surface area contributed by atoms with Crippen molar-refractivity contribution in [2.75, 3.05) is 0 Å². The van der Waals surface area contributed by atoms with Gasteiger partial charge in [0.25, 0.3) is 0 Å². The number of thiophene rings is 1. The van der Waals surface area contributed by atoms with Crippen LogP contribution in [0.3, 0.4) is 0 Å². The van der Waals surface area contributed by atoms with Crippen LogP contribution in [0.1, 0.15) is 5.69 Å². The Hall–Kier alpha value is -1.53. The molecular weight excluding hydrogens is 192 g/mol. The first-order valence-corrected chi connectivity index (χ1v) is 5.26. The summed E-state index contributed by atoms with van der Waals surface area (Å²) in [6.07, 6.45) is 5.25. The molecule has 2 aromatic rings. The Labute approximate surface area is 87.2 Å². The third-order valence-electron chi connectivity index (χ3n) is 2.04. The Bertz CT molecular complexity index is 460. The molecule has 0 bridgehead atoms. The molecule has 2 heterocycles. The number of rotatable bonds is 2. The van der Waals surface area contributed by atoms with Crippen molar-refractivity contribution in [3.8, 4) is 23.6 Å². The lowest BCUT2D eigenvalue weighted by Crippen LogP contribution is -1.99. The van der Waals surface area contributed by atoms with Crippen molar-refractivity contribution in [2.24, 2.45) is 0 Å². The van der Waals surface area contributed by atoms with Gasteiger partial charge in [-0.2, -0.15) is 16.4 Å². The van der Waals surface area contributed by atoms with Gasteiger partial charge < -0.3 is 0 Å². The van der Waals surface area contributed by atoms with Crippen LogP contribution in [-0.2, 0) is 6.54 Å². The van der Waals surface area contributed by atoms with Gasteiger partial charge in [-0.05, 0) is 24.4 Å². The number of terminal acetylenes is 1. The van der Waals surface area contributed by atoms with Crippen molar-refractivity contribution < 1.29 is 0 Å². The summed E-state index contributed by atoms with van der Waals surface area (Å²) in [7, 11) is 0. The zero-order chi connectivity index (χ0) is 9.97. The van der Waals surface area contributed by atoms with Gasteiger partial charge in [-0.25, -0.2) is 0 Å². The van der Waals surface area contributed by atoms with Gasteiger partial charge in [0.2, 0.25) is 0 Å². The number of hydrogen-bond donors (Lipinski definition) is 0. The Morgan fingerprint density at radius 1 is 1.64 bits per heavy atom. The Kier molecular flexibility index (Phi) is 2.38. The SMILES string of the molecule is C#CCn1nc(-c2ccsc2)cc1C. The first-order valence-electron chi connectivity index (χ1n) is 4.32. The fourth-order valence-electron chi connectivity index (χ4n) is 1.31. The standard InChI is InChI=1S/C11H10N2S/c1-3-5-13-9(2)7-11(12-13)10-4-6-14-8-10/h1,4,6-8H,5H2,2H3. The van der Waals surface area contributed by atoms with Crippen molar-refractivity contribution in [1.29, 1.82) is 0 Å². The van der Waals surface area contributed by atoms with E-state index in [4.69, 9.17) is 6.42 Å². The summed E-state index contributed by atoms with van der Waals surface area (Å²) in [6, 6.07) is 4.12. The summed E-state index contributed by atoms with van der Waals surface area (Å²) < 4.78 is 1.84. The second-order valence-electron chi connectivity index (χ2n) is 3.04. The maximum Gasteiger partial charge on any atom is 0.102 e. The van der Waals surface area contributed by atoms with Gasteiger partial charge in [0.15, 0.2) is 0 Å². The van der Waals surface area contributed by atoms with E-state index < -0.39 is 0 Å². The maximum atomic E-state index is 5.25. The van der Waals surface area contributed by atoms with Crippen LogP contribution in [-0.4, -0.2) is 9.78 Å². The summed E-state index contributed by atoms with van der Waals surface area (Å²) in [6.45, 7) is 2.55. The molecule has 2 rings (SSSR count). The zero-order valence-corrected chi connectivity index (χ0v) is 8.71. The quantitative estimate of drug-likeness (QED) is 0.684. The Balaban J connectivity index is 2.39. The zero-order valence-electron chi connectivity index (χ0n) is 7.90. The van der Waals surface area contributed by atoms with E-state index in [0.717, 1.165) is 17.0 Å². The topological polar surface area (TPSA) is 17.8 Å². The second kappa shape index (κ2) is 3.69. The number of hydrogen-bond acceptors (Lipinski definition) is 2. The maximum absolute atomic E-state index is 5.25. The first kappa shape index (κ1) is 9.04. The largest absolute Gasteiger partial charge is 0.257 e. The van der Waals surface area contributed by atoms with E-state index in [2.05, 4.69) is 28.5 Å². The molecule has 0 N–H and O–H groups in total. The van der Waals surface area contributed by atoms with Crippen LogP contribution < -0.4 is 0 Å². The predicted molar refractivity (Wildman–Crippen MR) is 59.1 cm³/mol. The molecule has 2 nitrogen and oxygen atoms in total. The lowest BCUT2D eigenvalue weighted by molar-refractivity contribution is 0.694. The second-order valence-corrected chi connectivity index (χ2v) is 3.82. The summed E-state index contributed by atoms with van der Waals surface area (Å²) in [5, 5.41) is 8.55. The van der Waals surface area contributed by atoms with Crippen molar-refractivity contribution in [2.45, 2.75) is 13.5 Å². The highest BCUT2D eigenvalue weighted by Crippen LogP contribution is 2.21. The van der Waals surface area contributed by atoms with E-state index >= 15 is 0 Å². The average molecular weight is 202 g/mol. The minimum Gasteiger partial charge on any atom is -0.257 e. The Morgan fingerprint density at radius 2 is 2.50 bits per heavy atom. The van der Waals surface area contributed by atoms with E-state index in [-0.39, 0.29) is 0 Å². The van der Waals surface area contributed by atoms with Gasteiger partial charge in [0.1, 0.15) is 6.54 Å². The molecular formula is C11H10N2S. The molecule has 3 heteroatoms. The highest BCUT2D eigenvalue weighted by atomic mass is 32.1. The van der Waals surface area contributed by atoms with Gasteiger partial charge in [0, 0.05) is 16.6 Å². The van der Waals surface area contributed by atoms with Crippen molar-refractivity contribution in [1.82, 2.24) is 9.78 Å². The van der Waals surface area contributed by atoms with Gasteiger partial charge in [-0.1, -0.05) is 5.92 Å². The van der Waals surface area contributed by atoms with Gasteiger partial charge in [0.05, 0.1) is 5.69 Å². The highest BCUT2D eigenvalue weighted by molar-refractivity contribution is 7.08. The van der Waals surface area contributed by atoms with Crippen LogP contribution in [0.5, 0.6) is 0 Å². The van der Waals surface area contributed by atoms with Crippen molar-refractivity contribution in [3.05, 3.63) is 28.6 Å². The van der Waals surface area contributed by atoms with Crippen molar-refractivity contribution >= 4 is 11.3 Å². The molecule has 14 heavy (non-hydrogen) atoms. The smallest absolute Gasteiger partial charge is 0.102 e.